The normalized spacial score (nSPS) is 12.5. The van der Waals surface area contributed by atoms with Crippen molar-refractivity contribution in [1.82, 2.24) is 0 Å². The third-order valence-electron chi connectivity index (χ3n) is 4.19. The minimum absolute atomic E-state index is 0.337. The molecular formula is C18H35BrO2. The van der Waals surface area contributed by atoms with Gasteiger partial charge in [-0.25, -0.2) is 0 Å². The summed E-state index contributed by atoms with van der Waals surface area (Å²) < 4.78 is 0. The van der Waals surface area contributed by atoms with E-state index in [4.69, 9.17) is 5.11 Å². The van der Waals surface area contributed by atoms with Crippen LogP contribution in [0.5, 0.6) is 0 Å². The summed E-state index contributed by atoms with van der Waals surface area (Å²) >= 11 is 3.66. The van der Waals surface area contributed by atoms with Crippen molar-refractivity contribution in [3.8, 4) is 0 Å². The Bertz CT molecular complexity index is 231. The molecule has 0 rings (SSSR count). The van der Waals surface area contributed by atoms with Crippen LogP contribution in [0, 0.1) is 5.92 Å². The minimum atomic E-state index is -0.658. The molecule has 1 atom stereocenters. The van der Waals surface area contributed by atoms with E-state index < -0.39 is 5.97 Å². The average molecular weight is 363 g/mol. The van der Waals surface area contributed by atoms with Crippen LogP contribution in [0.1, 0.15) is 96.8 Å². The molecule has 0 saturated carbocycles. The zero-order valence-corrected chi connectivity index (χ0v) is 15.5. The second-order valence-electron chi connectivity index (χ2n) is 6.28. The quantitative estimate of drug-likeness (QED) is 0.249. The Labute approximate surface area is 140 Å². The maximum Gasteiger partial charge on any atom is 0.303 e. The zero-order valence-electron chi connectivity index (χ0n) is 13.9. The number of carbonyl (C=O) groups is 1. The molecule has 0 aromatic heterocycles. The van der Waals surface area contributed by atoms with Crippen LogP contribution in [0.4, 0.5) is 0 Å². The van der Waals surface area contributed by atoms with Crippen molar-refractivity contribution in [3.05, 3.63) is 0 Å². The van der Waals surface area contributed by atoms with E-state index in [-0.39, 0.29) is 0 Å². The number of hydrogen-bond donors (Lipinski definition) is 1. The molecule has 0 bridgehead atoms. The number of carboxylic acids is 1. The predicted octanol–water partition coefficient (Wildman–Crippen LogP) is 6.56. The van der Waals surface area contributed by atoms with Gasteiger partial charge >= 0.3 is 5.97 Å². The Morgan fingerprint density at radius 2 is 1.33 bits per heavy atom. The van der Waals surface area contributed by atoms with E-state index in [1.165, 1.54) is 70.6 Å². The third-order valence-corrected chi connectivity index (χ3v) is 5.10. The molecule has 0 radical (unpaired) electrons. The Morgan fingerprint density at radius 1 is 0.857 bits per heavy atom. The first-order valence-corrected chi connectivity index (χ1v) is 10.1. The molecule has 0 saturated heterocycles. The molecule has 0 aliphatic rings. The highest BCUT2D eigenvalue weighted by atomic mass is 79.9. The standard InChI is InChI=1S/C18H35BrO2/c1-2-3-4-7-10-13-17(16-19)14-11-8-5-6-9-12-15-18(20)21/h17H,2-16H2,1H3,(H,20,21). The Kier molecular flexibility index (Phi) is 16.3. The zero-order chi connectivity index (χ0) is 15.8. The second-order valence-corrected chi connectivity index (χ2v) is 6.92. The Morgan fingerprint density at radius 3 is 1.81 bits per heavy atom. The molecule has 1 N–H and O–H groups in total. The fourth-order valence-corrected chi connectivity index (χ4v) is 3.40. The van der Waals surface area contributed by atoms with Crippen molar-refractivity contribution in [2.45, 2.75) is 96.8 Å². The van der Waals surface area contributed by atoms with Crippen LogP contribution in [0.3, 0.4) is 0 Å². The van der Waals surface area contributed by atoms with Crippen LogP contribution in [0.2, 0.25) is 0 Å². The largest absolute Gasteiger partial charge is 0.481 e. The molecule has 21 heavy (non-hydrogen) atoms. The van der Waals surface area contributed by atoms with Crippen LogP contribution in [0.25, 0.3) is 0 Å². The molecule has 0 spiro atoms. The van der Waals surface area contributed by atoms with Gasteiger partial charge in [-0.1, -0.05) is 87.1 Å². The van der Waals surface area contributed by atoms with Crippen molar-refractivity contribution >= 4 is 21.9 Å². The number of alkyl halides is 1. The van der Waals surface area contributed by atoms with Gasteiger partial charge in [0.1, 0.15) is 0 Å². The molecule has 0 aromatic carbocycles. The predicted molar refractivity (Wildman–Crippen MR) is 95.2 cm³/mol. The van der Waals surface area contributed by atoms with Gasteiger partial charge in [0.15, 0.2) is 0 Å². The summed E-state index contributed by atoms with van der Waals surface area (Å²) in [6.45, 7) is 2.27. The average Bonchev–Trinajstić information content (AvgIpc) is 2.47. The maximum atomic E-state index is 10.4. The SMILES string of the molecule is CCCCCCCC(CBr)CCCCCCCCC(=O)O. The molecule has 0 heterocycles. The lowest BCUT2D eigenvalue weighted by Crippen LogP contribution is -2.02. The van der Waals surface area contributed by atoms with Gasteiger partial charge in [0, 0.05) is 11.8 Å². The number of rotatable bonds is 16. The van der Waals surface area contributed by atoms with Crippen LogP contribution in [-0.2, 0) is 4.79 Å². The lowest BCUT2D eigenvalue weighted by atomic mass is 9.96. The lowest BCUT2D eigenvalue weighted by molar-refractivity contribution is -0.137. The molecule has 0 aliphatic heterocycles. The van der Waals surface area contributed by atoms with Crippen LogP contribution in [0.15, 0.2) is 0 Å². The van der Waals surface area contributed by atoms with E-state index in [1.54, 1.807) is 0 Å². The van der Waals surface area contributed by atoms with Crippen molar-refractivity contribution in [3.63, 3.8) is 0 Å². The van der Waals surface area contributed by atoms with Crippen LogP contribution < -0.4 is 0 Å². The Balaban J connectivity index is 3.32. The van der Waals surface area contributed by atoms with Crippen molar-refractivity contribution < 1.29 is 9.90 Å². The summed E-state index contributed by atoms with van der Waals surface area (Å²) in [5.74, 6) is 0.202. The van der Waals surface area contributed by atoms with Gasteiger partial charge in [0.2, 0.25) is 0 Å². The van der Waals surface area contributed by atoms with E-state index in [2.05, 4.69) is 22.9 Å². The highest BCUT2D eigenvalue weighted by Gasteiger charge is 2.06. The fraction of sp³-hybridized carbons (Fsp3) is 0.944. The number of halogens is 1. The van der Waals surface area contributed by atoms with Crippen molar-refractivity contribution in [1.29, 1.82) is 0 Å². The van der Waals surface area contributed by atoms with E-state index in [9.17, 15) is 4.79 Å². The third kappa shape index (κ3) is 16.2. The molecule has 3 heteroatoms. The molecule has 0 amide bonds. The van der Waals surface area contributed by atoms with Crippen LogP contribution in [-0.4, -0.2) is 16.4 Å². The summed E-state index contributed by atoms with van der Waals surface area (Å²) in [4.78, 5) is 10.4. The van der Waals surface area contributed by atoms with Crippen LogP contribution >= 0.6 is 15.9 Å². The highest BCUT2D eigenvalue weighted by molar-refractivity contribution is 9.09. The highest BCUT2D eigenvalue weighted by Crippen LogP contribution is 2.20. The summed E-state index contributed by atoms with van der Waals surface area (Å²) in [5, 5.41) is 9.71. The minimum Gasteiger partial charge on any atom is -0.481 e. The molecule has 0 fully saturated rings. The van der Waals surface area contributed by atoms with Gasteiger partial charge in [-0.3, -0.25) is 4.79 Å². The number of unbranched alkanes of at least 4 members (excludes halogenated alkanes) is 9. The van der Waals surface area contributed by atoms with Gasteiger partial charge in [0.05, 0.1) is 0 Å². The fourth-order valence-electron chi connectivity index (χ4n) is 2.75. The summed E-state index contributed by atoms with van der Waals surface area (Å²) in [7, 11) is 0. The lowest BCUT2D eigenvalue weighted by Gasteiger charge is -2.13. The molecule has 126 valence electrons. The maximum absolute atomic E-state index is 10.4. The Hall–Kier alpha value is -0.0500. The van der Waals surface area contributed by atoms with Gasteiger partial charge in [-0.2, -0.15) is 0 Å². The smallest absolute Gasteiger partial charge is 0.303 e. The number of aliphatic carboxylic acids is 1. The van der Waals surface area contributed by atoms with E-state index in [1.807, 2.05) is 0 Å². The van der Waals surface area contributed by atoms with Gasteiger partial charge < -0.3 is 5.11 Å². The van der Waals surface area contributed by atoms with Crippen molar-refractivity contribution in [2.75, 3.05) is 5.33 Å². The molecule has 0 aromatic rings. The number of hydrogen-bond acceptors (Lipinski definition) is 1. The summed E-state index contributed by atoms with van der Waals surface area (Å²) in [6, 6.07) is 0. The first-order valence-electron chi connectivity index (χ1n) is 8.98. The van der Waals surface area contributed by atoms with E-state index in [0.717, 1.165) is 24.1 Å². The monoisotopic (exact) mass is 362 g/mol. The van der Waals surface area contributed by atoms with Gasteiger partial charge in [-0.15, -0.1) is 0 Å². The van der Waals surface area contributed by atoms with Crippen molar-refractivity contribution in [2.24, 2.45) is 5.92 Å². The summed E-state index contributed by atoms with van der Waals surface area (Å²) in [6.07, 6.45) is 17.0. The van der Waals surface area contributed by atoms with Gasteiger partial charge in [0.25, 0.3) is 0 Å². The first kappa shape index (κ1) is 20.9. The molecule has 0 aliphatic carbocycles. The number of carboxylic acid groups (broad SMARTS) is 1. The molecular weight excluding hydrogens is 328 g/mol. The molecule has 1 unspecified atom stereocenters. The van der Waals surface area contributed by atoms with E-state index in [0.29, 0.717) is 6.42 Å². The second kappa shape index (κ2) is 16.3. The van der Waals surface area contributed by atoms with E-state index >= 15 is 0 Å². The van der Waals surface area contributed by atoms with Gasteiger partial charge in [-0.05, 0) is 25.2 Å². The topological polar surface area (TPSA) is 37.3 Å². The first-order chi connectivity index (χ1) is 10.2. The summed E-state index contributed by atoms with van der Waals surface area (Å²) in [5.41, 5.74) is 0. The molecule has 2 nitrogen and oxygen atoms in total.